The lowest BCUT2D eigenvalue weighted by Crippen LogP contribution is -2.40. The molecule has 0 fully saturated rings. The van der Waals surface area contributed by atoms with Crippen molar-refractivity contribution in [2.75, 3.05) is 11.9 Å². The van der Waals surface area contributed by atoms with Crippen LogP contribution in [0.15, 0.2) is 47.1 Å². The van der Waals surface area contributed by atoms with E-state index in [1.165, 1.54) is 24.2 Å². The number of hydrogen-bond donors (Lipinski definition) is 2. The summed E-state index contributed by atoms with van der Waals surface area (Å²) in [5.41, 5.74) is 0.672. The number of amides is 2. The number of carboxylic acid groups (broad SMARTS) is 1. The van der Waals surface area contributed by atoms with Crippen molar-refractivity contribution < 1.29 is 23.9 Å². The minimum absolute atomic E-state index is 0.158. The fourth-order valence-corrected chi connectivity index (χ4v) is 2.26. The van der Waals surface area contributed by atoms with Gasteiger partial charge in [-0.2, -0.15) is 0 Å². The molecule has 0 aliphatic heterocycles. The van der Waals surface area contributed by atoms with Gasteiger partial charge in [-0.25, -0.2) is 0 Å². The third-order valence-corrected chi connectivity index (χ3v) is 4.04. The lowest BCUT2D eigenvalue weighted by atomic mass is 10.0. The van der Waals surface area contributed by atoms with Crippen LogP contribution in [0.2, 0.25) is 0 Å². The summed E-state index contributed by atoms with van der Waals surface area (Å²) in [4.78, 5) is 37.3. The first-order chi connectivity index (χ1) is 11.8. The summed E-state index contributed by atoms with van der Waals surface area (Å²) in [6.07, 6.45) is 1.40. The first-order valence-corrected chi connectivity index (χ1v) is 7.77. The molecule has 2 atom stereocenters. The van der Waals surface area contributed by atoms with Crippen LogP contribution >= 0.6 is 0 Å². The van der Waals surface area contributed by atoms with Crippen molar-refractivity contribution >= 4 is 23.5 Å². The van der Waals surface area contributed by atoms with E-state index in [9.17, 15) is 14.4 Å². The molecule has 0 spiro atoms. The molecule has 2 rings (SSSR count). The summed E-state index contributed by atoms with van der Waals surface area (Å²) in [6.45, 7) is 3.14. The number of carbonyl (C=O) groups excluding carboxylic acids is 2. The molecule has 0 saturated heterocycles. The zero-order valence-electron chi connectivity index (χ0n) is 14.2. The summed E-state index contributed by atoms with van der Waals surface area (Å²) >= 11 is 0. The first-order valence-electron chi connectivity index (χ1n) is 7.77. The molecule has 2 aromatic rings. The predicted octanol–water partition coefficient (Wildman–Crippen LogP) is 2.40. The van der Waals surface area contributed by atoms with Gasteiger partial charge in [0.05, 0.1) is 23.4 Å². The third-order valence-electron chi connectivity index (χ3n) is 4.04. The largest absolute Gasteiger partial charge is 0.481 e. The summed E-state index contributed by atoms with van der Waals surface area (Å²) in [5, 5.41) is 11.7. The second-order valence-electron chi connectivity index (χ2n) is 5.75. The van der Waals surface area contributed by atoms with Gasteiger partial charge < -0.3 is 19.7 Å². The van der Waals surface area contributed by atoms with E-state index in [0.29, 0.717) is 5.69 Å². The number of benzene rings is 1. The van der Waals surface area contributed by atoms with E-state index in [4.69, 9.17) is 9.52 Å². The molecular formula is C18H20N2O5. The number of furan rings is 1. The average Bonchev–Trinajstić information content (AvgIpc) is 3.14. The van der Waals surface area contributed by atoms with Gasteiger partial charge in [-0.05, 0) is 38.1 Å². The Balaban J connectivity index is 2.24. The van der Waals surface area contributed by atoms with Gasteiger partial charge in [-0.1, -0.05) is 12.1 Å². The number of carboxylic acids is 1. The quantitative estimate of drug-likeness (QED) is 0.838. The van der Waals surface area contributed by atoms with Gasteiger partial charge in [0.15, 0.2) is 5.76 Å². The Labute approximate surface area is 145 Å². The number of para-hydroxylation sites is 1. The monoisotopic (exact) mass is 344 g/mol. The minimum Gasteiger partial charge on any atom is -0.481 e. The van der Waals surface area contributed by atoms with E-state index in [1.807, 2.05) is 0 Å². The van der Waals surface area contributed by atoms with Crippen LogP contribution in [0.5, 0.6) is 0 Å². The van der Waals surface area contributed by atoms with Gasteiger partial charge in [0, 0.05) is 13.1 Å². The van der Waals surface area contributed by atoms with Crippen LogP contribution in [0.1, 0.15) is 34.8 Å². The minimum atomic E-state index is -0.994. The highest BCUT2D eigenvalue weighted by Crippen LogP contribution is 2.21. The Bertz CT molecular complexity index is 770. The highest BCUT2D eigenvalue weighted by atomic mass is 16.4. The van der Waals surface area contributed by atoms with E-state index in [1.54, 1.807) is 44.3 Å². The van der Waals surface area contributed by atoms with Crippen molar-refractivity contribution in [3.63, 3.8) is 0 Å². The van der Waals surface area contributed by atoms with Crippen molar-refractivity contribution in [1.82, 2.24) is 5.32 Å². The fraction of sp³-hybridized carbons (Fsp3) is 0.278. The second kappa shape index (κ2) is 7.65. The lowest BCUT2D eigenvalue weighted by Gasteiger charge is -2.22. The highest BCUT2D eigenvalue weighted by molar-refractivity contribution is 6.09. The van der Waals surface area contributed by atoms with Crippen LogP contribution in [-0.4, -0.2) is 36.0 Å². The van der Waals surface area contributed by atoms with Gasteiger partial charge in [0.25, 0.3) is 11.8 Å². The number of nitrogens with zero attached hydrogens (tertiary/aromatic N) is 1. The normalized spacial score (nSPS) is 12.9. The van der Waals surface area contributed by atoms with Gasteiger partial charge in [-0.3, -0.25) is 14.4 Å². The van der Waals surface area contributed by atoms with Crippen molar-refractivity contribution in [2.45, 2.75) is 19.9 Å². The van der Waals surface area contributed by atoms with Crippen molar-refractivity contribution in [3.05, 3.63) is 54.0 Å². The molecule has 1 aromatic heterocycles. The smallest absolute Gasteiger partial charge is 0.308 e. The van der Waals surface area contributed by atoms with Crippen LogP contribution in [0.25, 0.3) is 0 Å². The maximum Gasteiger partial charge on any atom is 0.308 e. The molecule has 0 aliphatic carbocycles. The maximum absolute atomic E-state index is 12.6. The molecule has 2 amide bonds. The number of rotatable bonds is 6. The standard InChI is InChI=1S/C18H20N2O5/c1-11(18(23)24)12(2)19-16(21)13-7-4-5-8-14(13)20(3)17(22)15-9-6-10-25-15/h4-12H,1-3H3,(H,19,21)(H,23,24). The zero-order valence-corrected chi connectivity index (χ0v) is 14.2. The van der Waals surface area contributed by atoms with Gasteiger partial charge in [-0.15, -0.1) is 0 Å². The molecule has 7 nitrogen and oxygen atoms in total. The summed E-state index contributed by atoms with van der Waals surface area (Å²) in [5.74, 6) is -2.41. The Morgan fingerprint density at radius 1 is 1.12 bits per heavy atom. The molecule has 0 saturated carbocycles. The average molecular weight is 344 g/mol. The predicted molar refractivity (Wildman–Crippen MR) is 91.6 cm³/mol. The van der Waals surface area contributed by atoms with Crippen LogP contribution in [0, 0.1) is 5.92 Å². The third kappa shape index (κ3) is 4.06. The van der Waals surface area contributed by atoms with Crippen LogP contribution in [0.3, 0.4) is 0 Å². The Hall–Kier alpha value is -3.09. The highest BCUT2D eigenvalue weighted by Gasteiger charge is 2.25. The second-order valence-corrected chi connectivity index (χ2v) is 5.75. The Morgan fingerprint density at radius 3 is 2.40 bits per heavy atom. The maximum atomic E-state index is 12.6. The number of hydrogen-bond acceptors (Lipinski definition) is 4. The van der Waals surface area contributed by atoms with Crippen molar-refractivity contribution in [3.8, 4) is 0 Å². The molecular weight excluding hydrogens is 324 g/mol. The number of nitrogens with one attached hydrogen (secondary N) is 1. The molecule has 132 valence electrons. The van der Waals surface area contributed by atoms with Crippen LogP contribution < -0.4 is 10.2 Å². The topological polar surface area (TPSA) is 99.9 Å². The SMILES string of the molecule is CC(NC(=O)c1ccccc1N(C)C(=O)c1ccco1)C(C)C(=O)O. The Kier molecular flexibility index (Phi) is 5.59. The van der Waals surface area contributed by atoms with Crippen LogP contribution in [0.4, 0.5) is 5.69 Å². The van der Waals surface area contributed by atoms with E-state index in [-0.39, 0.29) is 11.3 Å². The fourth-order valence-electron chi connectivity index (χ4n) is 2.26. The molecule has 1 heterocycles. The number of aliphatic carboxylic acids is 1. The summed E-state index contributed by atoms with van der Waals surface area (Å²) in [6, 6.07) is 9.18. The van der Waals surface area contributed by atoms with E-state index >= 15 is 0 Å². The molecule has 25 heavy (non-hydrogen) atoms. The van der Waals surface area contributed by atoms with Crippen LogP contribution in [-0.2, 0) is 4.79 Å². The van der Waals surface area contributed by atoms with E-state index in [0.717, 1.165) is 0 Å². The van der Waals surface area contributed by atoms with Gasteiger partial charge in [0.2, 0.25) is 0 Å². The van der Waals surface area contributed by atoms with Crippen molar-refractivity contribution in [2.24, 2.45) is 5.92 Å². The molecule has 2 unspecified atom stereocenters. The van der Waals surface area contributed by atoms with Gasteiger partial charge in [0.1, 0.15) is 0 Å². The molecule has 0 bridgehead atoms. The summed E-state index contributed by atoms with van der Waals surface area (Å²) < 4.78 is 5.10. The van der Waals surface area contributed by atoms with Gasteiger partial charge >= 0.3 is 5.97 Å². The van der Waals surface area contributed by atoms with Crippen molar-refractivity contribution in [1.29, 1.82) is 0 Å². The molecule has 1 aromatic carbocycles. The van der Waals surface area contributed by atoms with E-state index in [2.05, 4.69) is 5.32 Å². The molecule has 0 aliphatic rings. The lowest BCUT2D eigenvalue weighted by molar-refractivity contribution is -0.141. The number of anilines is 1. The molecule has 7 heteroatoms. The van der Waals surface area contributed by atoms with E-state index < -0.39 is 29.7 Å². The molecule has 0 radical (unpaired) electrons. The molecule has 2 N–H and O–H groups in total. The Morgan fingerprint density at radius 2 is 1.80 bits per heavy atom. The first kappa shape index (κ1) is 18.3. The summed E-state index contributed by atoms with van der Waals surface area (Å²) in [7, 11) is 1.54. The zero-order chi connectivity index (χ0) is 18.6. The number of carbonyl (C=O) groups is 3.